The number of carbonyl (C=O) groups excluding carboxylic acids is 1. The maximum Gasteiger partial charge on any atom is 0.287 e. The fourth-order valence-electron chi connectivity index (χ4n) is 1.36. The molecule has 78 valence electrons. The topological polar surface area (TPSA) is 42.2 Å². The number of nitrogens with one attached hydrogen (secondary N) is 1. The van der Waals surface area contributed by atoms with E-state index < -0.39 is 0 Å². The highest BCUT2D eigenvalue weighted by atomic mass is 79.9. The van der Waals surface area contributed by atoms with Crippen LogP contribution in [0.15, 0.2) is 33.2 Å². The third-order valence-corrected chi connectivity index (χ3v) is 2.54. The maximum atomic E-state index is 11.5. The molecule has 2 rings (SSSR count). The van der Waals surface area contributed by atoms with Gasteiger partial charge in [-0.15, -0.1) is 0 Å². The van der Waals surface area contributed by atoms with Crippen LogP contribution in [0.1, 0.15) is 17.5 Å². The first-order chi connectivity index (χ1) is 7.20. The van der Waals surface area contributed by atoms with E-state index in [1.807, 2.05) is 25.1 Å². The first-order valence-corrected chi connectivity index (χ1v) is 5.47. The van der Waals surface area contributed by atoms with Crippen LogP contribution >= 0.6 is 15.9 Å². The molecular weight excluding hydrogens is 258 g/mol. The Morgan fingerprint density at radius 3 is 3.00 bits per heavy atom. The monoisotopic (exact) mass is 267 g/mol. The summed E-state index contributed by atoms with van der Waals surface area (Å²) in [5.74, 6) is 0.176. The third kappa shape index (κ3) is 2.04. The van der Waals surface area contributed by atoms with Crippen LogP contribution in [-0.4, -0.2) is 12.5 Å². The van der Waals surface area contributed by atoms with E-state index in [1.54, 1.807) is 6.07 Å². The summed E-state index contributed by atoms with van der Waals surface area (Å²) in [7, 11) is 0. The van der Waals surface area contributed by atoms with Crippen LogP contribution in [0.4, 0.5) is 0 Å². The van der Waals surface area contributed by atoms with Gasteiger partial charge < -0.3 is 9.73 Å². The molecule has 0 fully saturated rings. The highest BCUT2D eigenvalue weighted by Gasteiger charge is 2.10. The predicted molar refractivity (Wildman–Crippen MR) is 61.9 cm³/mol. The largest absolute Gasteiger partial charge is 0.451 e. The lowest BCUT2D eigenvalue weighted by Gasteiger charge is -1.95. The number of hydrogen-bond acceptors (Lipinski definition) is 2. The molecular formula is C11H10BrNO2. The molecule has 0 atom stereocenters. The lowest BCUT2D eigenvalue weighted by Crippen LogP contribution is -2.21. The van der Waals surface area contributed by atoms with Crippen LogP contribution in [0.3, 0.4) is 0 Å². The predicted octanol–water partition coefficient (Wildman–Crippen LogP) is 2.95. The summed E-state index contributed by atoms with van der Waals surface area (Å²) in [6.07, 6.45) is 0. The number of rotatable bonds is 2. The van der Waals surface area contributed by atoms with Gasteiger partial charge in [0.2, 0.25) is 0 Å². The quantitative estimate of drug-likeness (QED) is 0.909. The van der Waals surface area contributed by atoms with Gasteiger partial charge in [0.25, 0.3) is 5.91 Å². The summed E-state index contributed by atoms with van der Waals surface area (Å²) in [5.41, 5.74) is 0.714. The number of fused-ring (bicyclic) bond motifs is 1. The Balaban J connectivity index is 2.42. The van der Waals surface area contributed by atoms with Crippen molar-refractivity contribution in [2.45, 2.75) is 6.92 Å². The molecule has 3 nitrogen and oxygen atoms in total. The molecule has 1 heterocycles. The highest BCUT2D eigenvalue weighted by molar-refractivity contribution is 9.10. The van der Waals surface area contributed by atoms with Gasteiger partial charge in [-0.1, -0.05) is 15.9 Å². The molecule has 0 unspecified atom stereocenters. The molecule has 0 aliphatic carbocycles. The third-order valence-electron chi connectivity index (χ3n) is 2.04. The molecule has 1 aromatic carbocycles. The standard InChI is InChI=1S/C11H10BrNO2/c1-2-13-11(14)10-5-7-3-4-8(12)6-9(7)15-10/h3-6H,2H2,1H3,(H,13,14). The molecule has 0 radical (unpaired) electrons. The SMILES string of the molecule is CCNC(=O)c1cc2ccc(Br)cc2o1. The van der Waals surface area contributed by atoms with Gasteiger partial charge in [-0.25, -0.2) is 0 Å². The van der Waals surface area contributed by atoms with Gasteiger partial charge in [-0.2, -0.15) is 0 Å². The van der Waals surface area contributed by atoms with E-state index >= 15 is 0 Å². The maximum absolute atomic E-state index is 11.5. The summed E-state index contributed by atoms with van der Waals surface area (Å²) >= 11 is 3.35. The Hall–Kier alpha value is -1.29. The zero-order chi connectivity index (χ0) is 10.8. The average Bonchev–Trinajstić information content (AvgIpc) is 2.60. The second-order valence-corrected chi connectivity index (χ2v) is 4.07. The van der Waals surface area contributed by atoms with E-state index in [-0.39, 0.29) is 5.91 Å². The molecule has 2 aromatic rings. The number of carbonyl (C=O) groups is 1. The van der Waals surface area contributed by atoms with Gasteiger partial charge in [0.05, 0.1) is 0 Å². The van der Waals surface area contributed by atoms with E-state index in [4.69, 9.17) is 4.42 Å². The Bertz CT molecular complexity index is 504. The van der Waals surface area contributed by atoms with Crippen LogP contribution < -0.4 is 5.32 Å². The Kier molecular flexibility index (Phi) is 2.77. The zero-order valence-corrected chi connectivity index (χ0v) is 9.80. The van der Waals surface area contributed by atoms with Crippen molar-refractivity contribution in [2.75, 3.05) is 6.54 Å². The van der Waals surface area contributed by atoms with E-state index in [2.05, 4.69) is 21.2 Å². The highest BCUT2D eigenvalue weighted by Crippen LogP contribution is 2.23. The summed E-state index contributed by atoms with van der Waals surface area (Å²) in [4.78, 5) is 11.5. The Morgan fingerprint density at radius 2 is 2.27 bits per heavy atom. The van der Waals surface area contributed by atoms with Crippen molar-refractivity contribution >= 4 is 32.8 Å². The van der Waals surface area contributed by atoms with Crippen molar-refractivity contribution in [1.82, 2.24) is 5.32 Å². The second kappa shape index (κ2) is 4.06. The Labute approximate surface area is 95.6 Å². The van der Waals surface area contributed by atoms with Crippen molar-refractivity contribution in [3.63, 3.8) is 0 Å². The van der Waals surface area contributed by atoms with Crippen LogP contribution in [0.2, 0.25) is 0 Å². The molecule has 0 spiro atoms. The van der Waals surface area contributed by atoms with Crippen LogP contribution in [-0.2, 0) is 0 Å². The van der Waals surface area contributed by atoms with E-state index in [9.17, 15) is 4.79 Å². The minimum Gasteiger partial charge on any atom is -0.451 e. The van der Waals surface area contributed by atoms with Gasteiger partial charge in [0.15, 0.2) is 5.76 Å². The molecule has 0 bridgehead atoms. The van der Waals surface area contributed by atoms with E-state index in [0.717, 1.165) is 9.86 Å². The van der Waals surface area contributed by atoms with Gasteiger partial charge in [-0.05, 0) is 31.2 Å². The molecule has 0 aliphatic rings. The van der Waals surface area contributed by atoms with Crippen LogP contribution in [0, 0.1) is 0 Å². The number of benzene rings is 1. The minimum absolute atomic E-state index is 0.176. The molecule has 4 heteroatoms. The molecule has 1 aromatic heterocycles. The first kappa shape index (κ1) is 10.2. The van der Waals surface area contributed by atoms with Crippen LogP contribution in [0.25, 0.3) is 11.0 Å². The van der Waals surface area contributed by atoms with Crippen molar-refractivity contribution in [3.05, 3.63) is 34.5 Å². The summed E-state index contributed by atoms with van der Waals surface area (Å²) in [6.45, 7) is 2.47. The van der Waals surface area contributed by atoms with E-state index in [1.165, 1.54) is 0 Å². The normalized spacial score (nSPS) is 10.5. The first-order valence-electron chi connectivity index (χ1n) is 4.68. The fraction of sp³-hybridized carbons (Fsp3) is 0.182. The summed E-state index contributed by atoms with van der Waals surface area (Å²) in [6, 6.07) is 7.41. The lowest BCUT2D eigenvalue weighted by molar-refractivity contribution is 0.0930. The summed E-state index contributed by atoms with van der Waals surface area (Å²) < 4.78 is 6.36. The molecule has 0 saturated heterocycles. The van der Waals surface area contributed by atoms with Crippen molar-refractivity contribution in [1.29, 1.82) is 0 Å². The average molecular weight is 268 g/mol. The van der Waals surface area contributed by atoms with Crippen LogP contribution in [0.5, 0.6) is 0 Å². The molecule has 0 aliphatic heterocycles. The van der Waals surface area contributed by atoms with Gasteiger partial charge in [0.1, 0.15) is 5.58 Å². The number of amides is 1. The number of furan rings is 1. The fourth-order valence-corrected chi connectivity index (χ4v) is 1.70. The van der Waals surface area contributed by atoms with Gasteiger partial charge in [0, 0.05) is 16.4 Å². The minimum atomic E-state index is -0.176. The van der Waals surface area contributed by atoms with Crippen molar-refractivity contribution in [3.8, 4) is 0 Å². The molecule has 0 saturated carbocycles. The lowest BCUT2D eigenvalue weighted by atomic mass is 10.2. The zero-order valence-electron chi connectivity index (χ0n) is 8.21. The number of halogens is 1. The second-order valence-electron chi connectivity index (χ2n) is 3.15. The molecule has 1 N–H and O–H groups in total. The molecule has 1 amide bonds. The summed E-state index contributed by atoms with van der Waals surface area (Å²) in [5, 5.41) is 3.62. The van der Waals surface area contributed by atoms with Crippen molar-refractivity contribution < 1.29 is 9.21 Å². The van der Waals surface area contributed by atoms with Crippen molar-refractivity contribution in [2.24, 2.45) is 0 Å². The number of hydrogen-bond donors (Lipinski definition) is 1. The van der Waals surface area contributed by atoms with Gasteiger partial charge >= 0.3 is 0 Å². The smallest absolute Gasteiger partial charge is 0.287 e. The molecule has 15 heavy (non-hydrogen) atoms. The van der Waals surface area contributed by atoms with E-state index in [0.29, 0.717) is 17.9 Å². The van der Waals surface area contributed by atoms with Gasteiger partial charge in [-0.3, -0.25) is 4.79 Å². The Morgan fingerprint density at radius 1 is 1.47 bits per heavy atom.